The minimum absolute atomic E-state index is 0. The van der Waals surface area contributed by atoms with E-state index in [9.17, 15) is 51.9 Å². The zero-order valence-electron chi connectivity index (χ0n) is 14.5. The summed E-state index contributed by atoms with van der Waals surface area (Å²) in [6, 6.07) is 0. The molecule has 16 nitrogen and oxygen atoms in total. The Hall–Kier alpha value is 0.279. The number of hydrogen-bond donors (Lipinski definition) is 4. The molecule has 0 atom stereocenters. The summed E-state index contributed by atoms with van der Waals surface area (Å²) in [5, 5.41) is 31.3. The number of rotatable bonds is 8. The fraction of sp³-hybridized carbons (Fsp3) is 1.00. The summed E-state index contributed by atoms with van der Waals surface area (Å²) in [4.78, 5) is 0. The van der Waals surface area contributed by atoms with Gasteiger partial charge in [-0.25, -0.2) is 33.7 Å². The molecule has 0 bridgehead atoms. The second kappa shape index (κ2) is 20.2. The minimum atomic E-state index is -4.17. The van der Waals surface area contributed by atoms with Crippen LogP contribution in [0.15, 0.2) is 0 Å². The van der Waals surface area contributed by atoms with E-state index in [2.05, 4.69) is 0 Å². The van der Waals surface area contributed by atoms with E-state index in [1.54, 1.807) is 0 Å². The van der Waals surface area contributed by atoms with Gasteiger partial charge in [-0.3, -0.25) is 0 Å². The Bertz CT molecular complexity index is 633. The summed E-state index contributed by atoms with van der Waals surface area (Å²) in [5.74, 6) is -2.75. The molecule has 0 unspecified atom stereocenters. The maximum atomic E-state index is 9.52. The molecule has 21 heteroatoms. The predicted molar refractivity (Wildman–Crippen MR) is 92.4 cm³/mol. The van der Waals surface area contributed by atoms with Gasteiger partial charge in [0.15, 0.2) is 0 Å². The summed E-state index contributed by atoms with van der Waals surface area (Å²) in [6.07, 6.45) is 0. The Morgan fingerprint density at radius 2 is 0.517 bits per heavy atom. The summed E-state index contributed by atoms with van der Waals surface area (Å²) >= 11 is 0. The summed E-state index contributed by atoms with van der Waals surface area (Å²) < 4.78 is 114. The molecular formula is C8H20O16S4Sn. The molecule has 0 radical (unpaired) electrons. The SMILES string of the molecule is O=S(=O)([O-])CCO.O=S(=O)([O-])CCO.O=S(=O)([O-])CCO.O=S(=O)([O-])CCO.[Sn+4]. The van der Waals surface area contributed by atoms with Gasteiger partial charge >= 0.3 is 23.9 Å². The predicted octanol–water partition coefficient (Wildman–Crippen LogP) is -6.29. The summed E-state index contributed by atoms with van der Waals surface area (Å²) in [5.41, 5.74) is 0. The average molecular weight is 619 g/mol. The molecule has 0 heterocycles. The molecule has 0 aromatic carbocycles. The topological polar surface area (TPSA) is 310 Å². The van der Waals surface area contributed by atoms with Crippen LogP contribution in [0.3, 0.4) is 0 Å². The Morgan fingerprint density at radius 3 is 0.517 bits per heavy atom. The summed E-state index contributed by atoms with van der Waals surface area (Å²) in [6.45, 7) is -2.37. The van der Waals surface area contributed by atoms with E-state index in [1.807, 2.05) is 0 Å². The fourth-order valence-electron chi connectivity index (χ4n) is 0.447. The molecule has 0 rings (SSSR count). The molecule has 29 heavy (non-hydrogen) atoms. The van der Waals surface area contributed by atoms with E-state index in [0.29, 0.717) is 0 Å². The van der Waals surface area contributed by atoms with Crippen molar-refractivity contribution in [2.75, 3.05) is 49.4 Å². The van der Waals surface area contributed by atoms with Crippen molar-refractivity contribution in [3.05, 3.63) is 0 Å². The average Bonchev–Trinajstić information content (AvgIpc) is 2.34. The van der Waals surface area contributed by atoms with Crippen LogP contribution < -0.4 is 0 Å². The van der Waals surface area contributed by atoms with E-state index in [1.165, 1.54) is 0 Å². The van der Waals surface area contributed by atoms with Gasteiger partial charge in [0, 0.05) is 0 Å². The first kappa shape index (κ1) is 39.7. The van der Waals surface area contributed by atoms with Crippen molar-refractivity contribution in [1.29, 1.82) is 0 Å². The van der Waals surface area contributed by atoms with Crippen molar-refractivity contribution >= 4 is 64.4 Å². The van der Waals surface area contributed by atoms with Crippen molar-refractivity contribution < 1.29 is 72.3 Å². The molecular weight excluding hydrogens is 599 g/mol. The van der Waals surface area contributed by atoms with Crippen LogP contribution in [0, 0.1) is 0 Å². The normalized spacial score (nSPS) is 11.3. The minimum Gasteiger partial charge on any atom is -0.748 e. The Morgan fingerprint density at radius 1 is 0.414 bits per heavy atom. The van der Waals surface area contributed by atoms with Gasteiger partial charge < -0.3 is 38.6 Å². The molecule has 0 aromatic heterocycles. The van der Waals surface area contributed by atoms with Crippen molar-refractivity contribution in [2.24, 2.45) is 0 Å². The van der Waals surface area contributed by atoms with Crippen LogP contribution in [0.2, 0.25) is 0 Å². The monoisotopic (exact) mass is 620 g/mol. The van der Waals surface area contributed by atoms with Gasteiger partial charge in [0.1, 0.15) is 0 Å². The van der Waals surface area contributed by atoms with Crippen LogP contribution in [-0.2, 0) is 40.5 Å². The third-order valence-corrected chi connectivity index (χ3v) is 4.10. The summed E-state index contributed by atoms with van der Waals surface area (Å²) in [7, 11) is -16.7. The molecule has 176 valence electrons. The molecule has 0 aliphatic heterocycles. The van der Waals surface area contributed by atoms with Crippen molar-refractivity contribution in [1.82, 2.24) is 0 Å². The third-order valence-electron chi connectivity index (χ3n) is 1.37. The van der Waals surface area contributed by atoms with Crippen LogP contribution in [0.1, 0.15) is 0 Å². The van der Waals surface area contributed by atoms with Gasteiger partial charge in [-0.15, -0.1) is 0 Å². The largest absolute Gasteiger partial charge is 4.00 e. The fourth-order valence-corrected chi connectivity index (χ4v) is 1.34. The molecule has 0 aromatic rings. The van der Waals surface area contributed by atoms with E-state index in [0.717, 1.165) is 0 Å². The Kier molecular flexibility index (Phi) is 27.7. The van der Waals surface area contributed by atoms with Gasteiger partial charge in [0.05, 0.1) is 89.9 Å². The quantitative estimate of drug-likeness (QED) is 0.145. The van der Waals surface area contributed by atoms with Crippen LogP contribution in [0.25, 0.3) is 0 Å². The van der Waals surface area contributed by atoms with Gasteiger partial charge in [0.25, 0.3) is 0 Å². The second-order valence-corrected chi connectivity index (χ2v) is 10.0. The standard InChI is InChI=1S/4C2H6O4S.Sn/c4*3-1-2-7(4,5)6;/h4*3H,1-2H2,(H,4,5,6);/q;;;;+4/p-4. The zero-order valence-corrected chi connectivity index (χ0v) is 20.6. The molecule has 0 fully saturated rings. The van der Waals surface area contributed by atoms with E-state index >= 15 is 0 Å². The molecule has 0 amide bonds. The second-order valence-electron chi connectivity index (χ2n) is 3.94. The smallest absolute Gasteiger partial charge is 0.748 e. The Balaban J connectivity index is -0.0000000873. The van der Waals surface area contributed by atoms with E-state index in [4.69, 9.17) is 20.4 Å². The maximum Gasteiger partial charge on any atom is 4.00 e. The van der Waals surface area contributed by atoms with Gasteiger partial charge in [-0.1, -0.05) is 0 Å². The first-order valence-corrected chi connectivity index (χ1v) is 12.7. The van der Waals surface area contributed by atoms with Crippen LogP contribution in [-0.4, -0.2) is 146 Å². The van der Waals surface area contributed by atoms with Crippen LogP contribution in [0.5, 0.6) is 0 Å². The van der Waals surface area contributed by atoms with Gasteiger partial charge in [0.2, 0.25) is 0 Å². The molecule has 0 aliphatic carbocycles. The number of aliphatic hydroxyl groups excluding tert-OH is 4. The Labute approximate surface area is 185 Å². The molecule has 0 saturated heterocycles. The van der Waals surface area contributed by atoms with E-state index in [-0.39, 0.29) is 23.9 Å². The van der Waals surface area contributed by atoms with Gasteiger partial charge in [-0.05, 0) is 0 Å². The third kappa shape index (κ3) is 73.7. The van der Waals surface area contributed by atoms with Crippen molar-refractivity contribution in [2.45, 2.75) is 0 Å². The number of aliphatic hydroxyl groups is 4. The van der Waals surface area contributed by atoms with Crippen molar-refractivity contribution in [3.8, 4) is 0 Å². The van der Waals surface area contributed by atoms with E-state index < -0.39 is 89.9 Å². The molecule has 0 spiro atoms. The van der Waals surface area contributed by atoms with Crippen molar-refractivity contribution in [3.63, 3.8) is 0 Å². The first-order valence-electron chi connectivity index (χ1n) is 6.42. The maximum absolute atomic E-state index is 9.52. The number of hydrogen-bond acceptors (Lipinski definition) is 16. The molecule has 0 saturated carbocycles. The first-order chi connectivity index (χ1) is 12.2. The molecule has 4 N–H and O–H groups in total. The van der Waals surface area contributed by atoms with Gasteiger partial charge in [-0.2, -0.15) is 0 Å². The zero-order chi connectivity index (χ0) is 23.7. The van der Waals surface area contributed by atoms with Crippen LogP contribution in [0.4, 0.5) is 0 Å². The molecule has 0 aliphatic rings. The van der Waals surface area contributed by atoms with Crippen LogP contribution >= 0.6 is 0 Å².